The maximum atomic E-state index is 13.1. The lowest BCUT2D eigenvalue weighted by Gasteiger charge is -2.14. The van der Waals surface area contributed by atoms with Crippen LogP contribution < -0.4 is 16.4 Å². The van der Waals surface area contributed by atoms with Gasteiger partial charge in [0.2, 0.25) is 5.95 Å². The first kappa shape index (κ1) is 27.0. The van der Waals surface area contributed by atoms with Gasteiger partial charge in [-0.1, -0.05) is 6.07 Å². The Bertz CT molecular complexity index is 1490. The van der Waals surface area contributed by atoms with Crippen molar-refractivity contribution in [3.8, 4) is 0 Å². The molecule has 0 fully saturated rings. The number of aromatic amines is 1. The van der Waals surface area contributed by atoms with E-state index in [9.17, 15) is 31.1 Å². The van der Waals surface area contributed by atoms with Gasteiger partial charge in [-0.3, -0.25) is 4.98 Å². The molecular formula is C22H17F6N5O4. The summed E-state index contributed by atoms with van der Waals surface area (Å²) in [6.45, 7) is 3.19. The van der Waals surface area contributed by atoms with E-state index in [2.05, 4.69) is 25.6 Å². The molecule has 0 aliphatic rings. The first-order valence-electron chi connectivity index (χ1n) is 10.1. The molecule has 4 rings (SSSR count). The molecule has 0 aliphatic carbocycles. The summed E-state index contributed by atoms with van der Waals surface area (Å²) in [6, 6.07) is 8.97. The summed E-state index contributed by atoms with van der Waals surface area (Å²) in [7, 11) is 0. The van der Waals surface area contributed by atoms with E-state index in [0.29, 0.717) is 22.6 Å². The fourth-order valence-electron chi connectivity index (χ4n) is 2.93. The number of carboxylic acids is 1. The van der Waals surface area contributed by atoms with Crippen LogP contribution >= 0.6 is 0 Å². The van der Waals surface area contributed by atoms with Crippen molar-refractivity contribution in [2.45, 2.75) is 26.2 Å². The molecule has 0 bridgehead atoms. The number of aryl methyl sites for hydroxylation is 2. The molecule has 0 saturated carbocycles. The van der Waals surface area contributed by atoms with E-state index in [1.165, 1.54) is 19.1 Å². The number of H-pyrrole nitrogens is 1. The standard InChI is InChI=1S/C20H16F3N5O2.C2HF3O2/c1-10-3-4-12(7-14(10)20(21,22)23)26-18-24-9-11(2)17(28-18)25-13-5-6-16-15(8-13)27-19(29)30-16;3-2(4,5)1(6)7/h3-9H,1-2H3,(H,27,29)(H2,24,25,26,28);(H,6,7). The first-order valence-corrected chi connectivity index (χ1v) is 10.1. The second-order valence-electron chi connectivity index (χ2n) is 7.53. The summed E-state index contributed by atoms with van der Waals surface area (Å²) >= 11 is 0. The van der Waals surface area contributed by atoms with Crippen LogP contribution in [0.15, 0.2) is 51.8 Å². The summed E-state index contributed by atoms with van der Waals surface area (Å²) in [5.41, 5.74) is 1.94. The summed E-state index contributed by atoms with van der Waals surface area (Å²) < 4.78 is 76.1. The van der Waals surface area contributed by atoms with Gasteiger partial charge in [0.1, 0.15) is 5.82 Å². The molecule has 9 nitrogen and oxygen atoms in total. The van der Waals surface area contributed by atoms with E-state index in [1.54, 1.807) is 31.3 Å². The number of nitrogens with one attached hydrogen (secondary N) is 3. The number of carboxylic acid groups (broad SMARTS) is 1. The fourth-order valence-corrected chi connectivity index (χ4v) is 2.93. The molecule has 0 spiro atoms. The third-order valence-corrected chi connectivity index (χ3v) is 4.70. The van der Waals surface area contributed by atoms with E-state index in [0.717, 1.165) is 11.6 Å². The zero-order chi connectivity index (χ0) is 27.5. The SMILES string of the molecule is Cc1ccc(Nc2ncc(C)c(Nc3ccc4oc(=O)[nH]c4c3)n2)cc1C(F)(F)F.O=C(O)C(F)(F)F. The van der Waals surface area contributed by atoms with E-state index >= 15 is 0 Å². The minimum absolute atomic E-state index is 0.132. The molecule has 15 heteroatoms. The predicted octanol–water partition coefficient (Wildman–Crippen LogP) is 5.67. The van der Waals surface area contributed by atoms with Crippen molar-refractivity contribution in [1.29, 1.82) is 0 Å². The molecule has 4 N–H and O–H groups in total. The van der Waals surface area contributed by atoms with Gasteiger partial charge in [0.25, 0.3) is 0 Å². The zero-order valence-electron chi connectivity index (χ0n) is 18.9. The van der Waals surface area contributed by atoms with Gasteiger partial charge in [0, 0.05) is 23.1 Å². The van der Waals surface area contributed by atoms with Crippen LogP contribution in [0.3, 0.4) is 0 Å². The smallest absolute Gasteiger partial charge is 0.475 e. The van der Waals surface area contributed by atoms with Crippen LogP contribution in [-0.4, -0.2) is 32.2 Å². The summed E-state index contributed by atoms with van der Waals surface area (Å²) in [4.78, 5) is 31.2. The minimum Gasteiger partial charge on any atom is -0.475 e. The average molecular weight is 529 g/mol. The normalized spacial score (nSPS) is 11.6. The monoisotopic (exact) mass is 529 g/mol. The number of halogens is 6. The van der Waals surface area contributed by atoms with Gasteiger partial charge in [-0.15, -0.1) is 0 Å². The van der Waals surface area contributed by atoms with Crippen molar-refractivity contribution in [3.63, 3.8) is 0 Å². The molecule has 2 aromatic carbocycles. The molecule has 0 radical (unpaired) electrons. The van der Waals surface area contributed by atoms with E-state index in [1.807, 2.05) is 0 Å². The Kier molecular flexibility index (Phi) is 7.45. The number of oxazole rings is 1. The van der Waals surface area contributed by atoms with Gasteiger partial charge in [0.05, 0.1) is 11.1 Å². The van der Waals surface area contributed by atoms with Crippen LogP contribution in [0.1, 0.15) is 16.7 Å². The molecule has 196 valence electrons. The van der Waals surface area contributed by atoms with Crippen molar-refractivity contribution in [2.24, 2.45) is 0 Å². The molecule has 2 heterocycles. The van der Waals surface area contributed by atoms with E-state index in [4.69, 9.17) is 14.3 Å². The molecule has 0 unspecified atom stereocenters. The lowest BCUT2D eigenvalue weighted by atomic mass is 10.1. The topological polar surface area (TPSA) is 133 Å². The van der Waals surface area contributed by atoms with Crippen molar-refractivity contribution < 1.29 is 40.7 Å². The molecule has 0 amide bonds. The quantitative estimate of drug-likeness (QED) is 0.249. The maximum Gasteiger partial charge on any atom is 0.490 e. The number of rotatable bonds is 4. The third kappa shape index (κ3) is 6.99. The highest BCUT2D eigenvalue weighted by atomic mass is 19.4. The van der Waals surface area contributed by atoms with Crippen molar-refractivity contribution >= 4 is 40.2 Å². The summed E-state index contributed by atoms with van der Waals surface area (Å²) in [6.07, 6.45) is -7.98. The van der Waals surface area contributed by atoms with Gasteiger partial charge in [-0.25, -0.2) is 14.6 Å². The highest BCUT2D eigenvalue weighted by Crippen LogP contribution is 2.34. The predicted molar refractivity (Wildman–Crippen MR) is 120 cm³/mol. The Morgan fingerprint density at radius 1 is 0.973 bits per heavy atom. The van der Waals surface area contributed by atoms with Gasteiger partial charge >= 0.3 is 24.1 Å². The lowest BCUT2D eigenvalue weighted by molar-refractivity contribution is -0.192. The van der Waals surface area contributed by atoms with Gasteiger partial charge < -0.3 is 20.2 Å². The largest absolute Gasteiger partial charge is 0.490 e. The maximum absolute atomic E-state index is 13.1. The van der Waals surface area contributed by atoms with Gasteiger partial charge in [0.15, 0.2) is 5.58 Å². The number of nitrogens with zero attached hydrogens (tertiary/aromatic N) is 2. The summed E-state index contributed by atoms with van der Waals surface area (Å²) in [5, 5.41) is 13.0. The number of carbonyl (C=O) groups is 1. The lowest BCUT2D eigenvalue weighted by Crippen LogP contribution is -2.21. The van der Waals surface area contributed by atoms with Crippen LogP contribution in [0.4, 0.5) is 49.5 Å². The number of anilines is 4. The molecule has 0 atom stereocenters. The second kappa shape index (κ2) is 10.2. The van der Waals surface area contributed by atoms with Crippen molar-refractivity contribution in [1.82, 2.24) is 15.0 Å². The number of fused-ring (bicyclic) bond motifs is 1. The van der Waals surface area contributed by atoms with Gasteiger partial charge in [-0.05, 0) is 49.7 Å². The van der Waals surface area contributed by atoms with Crippen molar-refractivity contribution in [2.75, 3.05) is 10.6 Å². The van der Waals surface area contributed by atoms with Crippen LogP contribution in [0.2, 0.25) is 0 Å². The number of benzene rings is 2. The fraction of sp³-hybridized carbons (Fsp3) is 0.182. The molecule has 2 aromatic heterocycles. The molecule has 0 saturated heterocycles. The van der Waals surface area contributed by atoms with Crippen LogP contribution in [0.25, 0.3) is 11.1 Å². The Balaban J connectivity index is 0.000000479. The van der Waals surface area contributed by atoms with E-state index < -0.39 is 29.6 Å². The first-order chi connectivity index (χ1) is 17.1. The summed E-state index contributed by atoms with van der Waals surface area (Å²) in [5.74, 6) is -2.71. The average Bonchev–Trinajstić information content (AvgIpc) is 3.15. The number of alkyl halides is 6. The van der Waals surface area contributed by atoms with E-state index in [-0.39, 0.29) is 17.2 Å². The Morgan fingerprint density at radius 2 is 1.59 bits per heavy atom. The van der Waals surface area contributed by atoms with Crippen molar-refractivity contribution in [3.05, 3.63) is 69.8 Å². The Labute approximate surface area is 203 Å². The van der Waals surface area contributed by atoms with Crippen LogP contribution in [-0.2, 0) is 11.0 Å². The second-order valence-corrected chi connectivity index (χ2v) is 7.53. The van der Waals surface area contributed by atoms with Gasteiger partial charge in [-0.2, -0.15) is 31.3 Å². The zero-order valence-corrected chi connectivity index (χ0v) is 18.9. The highest BCUT2D eigenvalue weighted by molar-refractivity contribution is 5.78. The molecule has 0 aliphatic heterocycles. The third-order valence-electron chi connectivity index (χ3n) is 4.70. The number of aromatic nitrogens is 3. The van der Waals surface area contributed by atoms with Crippen LogP contribution in [0, 0.1) is 13.8 Å². The van der Waals surface area contributed by atoms with Crippen LogP contribution in [0.5, 0.6) is 0 Å². The Hall–Kier alpha value is -4.56. The highest BCUT2D eigenvalue weighted by Gasteiger charge is 2.38. The number of hydrogen-bond donors (Lipinski definition) is 4. The number of aliphatic carboxylic acids is 1. The number of hydrogen-bond acceptors (Lipinski definition) is 7. The molecule has 37 heavy (non-hydrogen) atoms. The minimum atomic E-state index is -5.08. The molecule has 4 aromatic rings. The molecular weight excluding hydrogens is 512 g/mol. The Morgan fingerprint density at radius 3 is 2.22 bits per heavy atom.